The molecule has 2 aromatic carbocycles. The monoisotopic (exact) mass is 355 g/mol. The number of carbonyl (C=O) groups is 1. The lowest BCUT2D eigenvalue weighted by atomic mass is 9.60. The first-order valence-corrected chi connectivity index (χ1v) is 9.07. The van der Waals surface area contributed by atoms with E-state index < -0.39 is 0 Å². The highest BCUT2D eigenvalue weighted by Crippen LogP contribution is 2.48. The Labute approximate surface area is 152 Å². The second-order valence-corrected chi connectivity index (χ2v) is 7.12. The van der Waals surface area contributed by atoms with E-state index in [0.29, 0.717) is 17.1 Å². The van der Waals surface area contributed by atoms with Crippen LogP contribution < -0.4 is 10.1 Å². The van der Waals surface area contributed by atoms with E-state index in [1.165, 1.54) is 12.1 Å². The summed E-state index contributed by atoms with van der Waals surface area (Å²) in [5.41, 5.74) is 0.787. The van der Waals surface area contributed by atoms with Gasteiger partial charge in [-0.25, -0.2) is 4.39 Å². The Bertz CT molecular complexity index is 784. The molecule has 1 saturated heterocycles. The molecule has 26 heavy (non-hydrogen) atoms. The van der Waals surface area contributed by atoms with Gasteiger partial charge in [-0.3, -0.25) is 4.79 Å². The third-order valence-electron chi connectivity index (χ3n) is 5.61. The Morgan fingerprint density at radius 3 is 2.54 bits per heavy atom. The van der Waals surface area contributed by atoms with Crippen LogP contribution in [0, 0.1) is 11.2 Å². The van der Waals surface area contributed by atoms with Crippen LogP contribution in [0.15, 0.2) is 48.5 Å². The molecule has 0 aromatic heterocycles. The number of benzene rings is 2. The number of hydrogen-bond donors (Lipinski definition) is 1. The van der Waals surface area contributed by atoms with Crippen molar-refractivity contribution in [3.63, 3.8) is 0 Å². The van der Waals surface area contributed by atoms with Crippen LogP contribution in [0.4, 0.5) is 4.39 Å². The number of halogens is 1. The van der Waals surface area contributed by atoms with E-state index in [9.17, 15) is 9.18 Å². The first kappa shape index (κ1) is 17.0. The predicted octanol–water partition coefficient (Wildman–Crippen LogP) is 4.31. The molecular formula is C21H22FNO3. The fourth-order valence-electron chi connectivity index (χ4n) is 3.88. The van der Waals surface area contributed by atoms with Crippen LogP contribution in [0.25, 0.3) is 0 Å². The predicted molar refractivity (Wildman–Crippen MR) is 95.9 cm³/mol. The van der Waals surface area contributed by atoms with Crippen LogP contribution in [0.5, 0.6) is 11.5 Å². The van der Waals surface area contributed by atoms with Crippen molar-refractivity contribution in [1.29, 1.82) is 0 Å². The average Bonchev–Trinajstić information content (AvgIpc) is 2.68. The van der Waals surface area contributed by atoms with Crippen molar-refractivity contribution in [2.75, 3.05) is 13.2 Å². The lowest BCUT2D eigenvalue weighted by Crippen LogP contribution is -2.57. The largest absolute Gasteiger partial charge is 0.457 e. The van der Waals surface area contributed by atoms with Crippen molar-refractivity contribution >= 4 is 5.91 Å². The van der Waals surface area contributed by atoms with Gasteiger partial charge in [-0.15, -0.1) is 0 Å². The van der Waals surface area contributed by atoms with E-state index in [1.54, 1.807) is 36.4 Å². The van der Waals surface area contributed by atoms with Gasteiger partial charge in [0.1, 0.15) is 17.3 Å². The number of carbonyl (C=O) groups excluding carboxylic acids is 1. The summed E-state index contributed by atoms with van der Waals surface area (Å²) in [7, 11) is 0. The highest BCUT2D eigenvalue weighted by atomic mass is 19.1. The molecule has 4 rings (SSSR count). The first-order valence-electron chi connectivity index (χ1n) is 9.07. The molecule has 1 N–H and O–H groups in total. The molecule has 0 bridgehead atoms. The summed E-state index contributed by atoms with van der Waals surface area (Å²) < 4.78 is 24.2. The van der Waals surface area contributed by atoms with E-state index >= 15 is 0 Å². The average molecular weight is 355 g/mol. The van der Waals surface area contributed by atoms with Crippen LogP contribution in [0.2, 0.25) is 0 Å². The van der Waals surface area contributed by atoms with Crippen molar-refractivity contribution in [3.05, 3.63) is 59.9 Å². The molecule has 2 aliphatic rings. The summed E-state index contributed by atoms with van der Waals surface area (Å²) in [5.74, 6) is 0.695. The number of hydrogen-bond acceptors (Lipinski definition) is 3. The third kappa shape index (κ3) is 3.44. The van der Waals surface area contributed by atoms with Crippen LogP contribution >= 0.6 is 0 Å². The van der Waals surface area contributed by atoms with Crippen LogP contribution in [0.1, 0.15) is 36.0 Å². The maximum absolute atomic E-state index is 13.0. The molecule has 1 aliphatic heterocycles. The fourth-order valence-corrected chi connectivity index (χ4v) is 3.88. The molecule has 4 nitrogen and oxygen atoms in total. The van der Waals surface area contributed by atoms with E-state index in [2.05, 4.69) is 5.32 Å². The standard InChI is InChI=1S/C21H22FNO3/c22-16-4-6-17(7-5-16)26-18-3-1-2-15(14-18)20(24)23-19-8-9-21(19)10-12-25-13-11-21/h1-7,14,19H,8-13H2,(H,23,24). The number of rotatable bonds is 4. The van der Waals surface area contributed by atoms with Gasteiger partial charge >= 0.3 is 0 Å². The molecule has 1 atom stereocenters. The minimum absolute atomic E-state index is 0.0786. The molecule has 5 heteroatoms. The van der Waals surface area contributed by atoms with Crippen molar-refractivity contribution in [1.82, 2.24) is 5.32 Å². The van der Waals surface area contributed by atoms with Gasteiger partial charge in [-0.05, 0) is 73.6 Å². The summed E-state index contributed by atoms with van der Waals surface area (Å²) in [5, 5.41) is 3.19. The Balaban J connectivity index is 1.42. The molecular weight excluding hydrogens is 333 g/mol. The molecule has 1 spiro atoms. The number of nitrogens with one attached hydrogen (secondary N) is 1. The minimum atomic E-state index is -0.312. The highest BCUT2D eigenvalue weighted by molar-refractivity contribution is 5.94. The quantitative estimate of drug-likeness (QED) is 0.889. The molecule has 136 valence electrons. The lowest BCUT2D eigenvalue weighted by Gasteiger charge is -2.52. The molecule has 1 heterocycles. The maximum atomic E-state index is 13.0. The Hall–Kier alpha value is -2.40. The highest BCUT2D eigenvalue weighted by Gasteiger charge is 2.47. The zero-order chi connectivity index (χ0) is 18.0. The molecule has 0 radical (unpaired) electrons. The molecule has 2 aromatic rings. The van der Waals surface area contributed by atoms with Gasteiger partial charge in [-0.1, -0.05) is 6.07 Å². The molecule has 1 saturated carbocycles. The fraction of sp³-hybridized carbons (Fsp3) is 0.381. The first-order chi connectivity index (χ1) is 12.6. The van der Waals surface area contributed by atoms with Gasteiger partial charge in [0.05, 0.1) is 0 Å². The van der Waals surface area contributed by atoms with E-state index in [-0.39, 0.29) is 23.2 Å². The van der Waals surface area contributed by atoms with Gasteiger partial charge in [0, 0.05) is 24.8 Å². The second kappa shape index (κ2) is 7.08. The molecule has 1 amide bonds. The zero-order valence-electron chi connectivity index (χ0n) is 14.5. The lowest BCUT2D eigenvalue weighted by molar-refractivity contribution is -0.0523. The van der Waals surface area contributed by atoms with Gasteiger partial charge in [-0.2, -0.15) is 0 Å². The number of amides is 1. The van der Waals surface area contributed by atoms with E-state index in [1.807, 2.05) is 0 Å². The molecule has 2 fully saturated rings. The molecule has 1 aliphatic carbocycles. The SMILES string of the molecule is O=C(NC1CCC12CCOCC2)c1cccc(Oc2ccc(F)cc2)c1. The van der Waals surface area contributed by atoms with Gasteiger partial charge in [0.15, 0.2) is 0 Å². The minimum Gasteiger partial charge on any atom is -0.457 e. The summed E-state index contributed by atoms with van der Waals surface area (Å²) in [6, 6.07) is 13.1. The smallest absolute Gasteiger partial charge is 0.251 e. The third-order valence-corrected chi connectivity index (χ3v) is 5.61. The summed E-state index contributed by atoms with van der Waals surface area (Å²) in [4.78, 5) is 12.7. The Morgan fingerprint density at radius 1 is 1.08 bits per heavy atom. The van der Waals surface area contributed by atoms with Crippen molar-refractivity contribution in [2.24, 2.45) is 5.41 Å². The molecule has 1 unspecified atom stereocenters. The Kier molecular flexibility index (Phi) is 4.64. The normalized spacial score (nSPS) is 21.0. The van der Waals surface area contributed by atoms with Gasteiger partial charge < -0.3 is 14.8 Å². The summed E-state index contributed by atoms with van der Waals surface area (Å²) >= 11 is 0. The van der Waals surface area contributed by atoms with Crippen molar-refractivity contribution < 1.29 is 18.7 Å². The summed E-state index contributed by atoms with van der Waals surface area (Å²) in [6.07, 6.45) is 4.23. The Morgan fingerprint density at radius 2 is 1.85 bits per heavy atom. The van der Waals surface area contributed by atoms with E-state index in [4.69, 9.17) is 9.47 Å². The van der Waals surface area contributed by atoms with Crippen LogP contribution in [-0.4, -0.2) is 25.2 Å². The zero-order valence-corrected chi connectivity index (χ0v) is 14.5. The number of ether oxygens (including phenoxy) is 2. The summed E-state index contributed by atoms with van der Waals surface area (Å²) in [6.45, 7) is 1.57. The van der Waals surface area contributed by atoms with Gasteiger partial charge in [0.25, 0.3) is 5.91 Å². The maximum Gasteiger partial charge on any atom is 0.251 e. The van der Waals surface area contributed by atoms with Crippen molar-refractivity contribution in [3.8, 4) is 11.5 Å². The second-order valence-electron chi connectivity index (χ2n) is 7.12. The van der Waals surface area contributed by atoms with Gasteiger partial charge in [0.2, 0.25) is 0 Å². The van der Waals surface area contributed by atoms with Crippen molar-refractivity contribution in [2.45, 2.75) is 31.7 Å². The topological polar surface area (TPSA) is 47.6 Å². The van der Waals surface area contributed by atoms with Crippen LogP contribution in [-0.2, 0) is 4.74 Å². The van der Waals surface area contributed by atoms with E-state index in [0.717, 1.165) is 38.9 Å². The van der Waals surface area contributed by atoms with Crippen LogP contribution in [0.3, 0.4) is 0 Å².